The Morgan fingerprint density at radius 3 is 1.67 bits per heavy atom. The third-order valence-corrected chi connectivity index (χ3v) is 4.22. The molecule has 0 saturated carbocycles. The molecule has 5 heteroatoms. The minimum atomic E-state index is -0.359. The molecule has 4 nitrogen and oxygen atoms in total. The summed E-state index contributed by atoms with van der Waals surface area (Å²) < 4.78 is 22.7. The molecule has 0 unspecified atom stereocenters. The molecule has 0 N–H and O–H groups in total. The van der Waals surface area contributed by atoms with Gasteiger partial charge in [0.25, 0.3) is 0 Å². The fourth-order valence-electron chi connectivity index (χ4n) is 2.41. The van der Waals surface area contributed by atoms with Crippen LogP contribution >= 0.6 is 0 Å². The van der Waals surface area contributed by atoms with Gasteiger partial charge < -0.3 is 18.8 Å². The van der Waals surface area contributed by atoms with Gasteiger partial charge in [-0.25, -0.2) is 0 Å². The van der Waals surface area contributed by atoms with Crippen LogP contribution in [0.2, 0.25) is 0 Å². The zero-order chi connectivity index (χ0) is 15.7. The highest BCUT2D eigenvalue weighted by molar-refractivity contribution is 6.62. The highest BCUT2D eigenvalue weighted by atomic mass is 16.7. The lowest BCUT2D eigenvalue weighted by Gasteiger charge is -2.32. The zero-order valence-electron chi connectivity index (χ0n) is 13.9. The number of benzene rings is 1. The number of rotatable bonds is 5. The second kappa shape index (κ2) is 6.09. The molecule has 0 amide bonds. The number of ether oxygens (including phenoxy) is 2. The van der Waals surface area contributed by atoms with Crippen molar-refractivity contribution in [3.8, 4) is 0 Å². The molecule has 1 aliphatic rings. The van der Waals surface area contributed by atoms with Crippen LogP contribution in [-0.4, -0.2) is 32.5 Å². The van der Waals surface area contributed by atoms with Crippen molar-refractivity contribution in [2.24, 2.45) is 0 Å². The van der Waals surface area contributed by atoms with E-state index in [4.69, 9.17) is 18.8 Å². The minimum Gasteiger partial charge on any atom is -0.399 e. The molecule has 0 atom stereocenters. The first kappa shape index (κ1) is 16.5. The monoisotopic (exact) mass is 292 g/mol. The molecule has 0 radical (unpaired) electrons. The van der Waals surface area contributed by atoms with Crippen molar-refractivity contribution in [1.29, 1.82) is 0 Å². The van der Waals surface area contributed by atoms with Gasteiger partial charge in [-0.1, -0.05) is 18.2 Å². The van der Waals surface area contributed by atoms with Crippen LogP contribution < -0.4 is 5.46 Å². The molecule has 116 valence electrons. The highest BCUT2D eigenvalue weighted by Crippen LogP contribution is 2.36. The lowest BCUT2D eigenvalue weighted by atomic mass is 9.77. The predicted octanol–water partition coefficient (Wildman–Crippen LogP) is 2.28. The second-order valence-electron chi connectivity index (χ2n) is 6.54. The Kier molecular flexibility index (Phi) is 4.78. The molecule has 2 rings (SSSR count). The molecule has 0 spiro atoms. The van der Waals surface area contributed by atoms with Crippen molar-refractivity contribution in [1.82, 2.24) is 0 Å². The van der Waals surface area contributed by atoms with E-state index >= 15 is 0 Å². The summed E-state index contributed by atoms with van der Waals surface area (Å²) in [6.07, 6.45) is 0. The fourth-order valence-corrected chi connectivity index (χ4v) is 2.41. The number of methoxy groups -OCH3 is 2. The smallest absolute Gasteiger partial charge is 0.399 e. The third-order valence-electron chi connectivity index (χ3n) is 4.22. The summed E-state index contributed by atoms with van der Waals surface area (Å²) in [7, 11) is 3.02. The van der Waals surface area contributed by atoms with Crippen LogP contribution in [0.5, 0.6) is 0 Å². The Morgan fingerprint density at radius 1 is 0.857 bits per heavy atom. The molecule has 1 aliphatic heterocycles. The number of hydrogen-bond donors (Lipinski definition) is 0. The fraction of sp³-hybridized carbons (Fsp3) is 0.625. The van der Waals surface area contributed by atoms with E-state index in [9.17, 15) is 0 Å². The summed E-state index contributed by atoms with van der Waals surface area (Å²) in [6.45, 7) is 9.35. The summed E-state index contributed by atoms with van der Waals surface area (Å²) in [5, 5.41) is 0. The summed E-state index contributed by atoms with van der Waals surface area (Å²) >= 11 is 0. The Bertz CT molecular complexity index is 459. The van der Waals surface area contributed by atoms with E-state index in [2.05, 4.69) is 45.9 Å². The standard InChI is InChI=1S/C16H25BO4/c1-15(2)16(3,4)21-17(20-15)14-8-12(10-18-5)7-13(9-14)11-19-6/h7-9H,10-11H2,1-6H3. The molecule has 1 heterocycles. The predicted molar refractivity (Wildman–Crippen MR) is 83.6 cm³/mol. The van der Waals surface area contributed by atoms with Crippen LogP contribution in [0.25, 0.3) is 0 Å². The van der Waals surface area contributed by atoms with Crippen LogP contribution in [0.4, 0.5) is 0 Å². The molecular weight excluding hydrogens is 267 g/mol. The van der Waals surface area contributed by atoms with Crippen LogP contribution in [0.1, 0.15) is 38.8 Å². The molecule has 1 aromatic rings. The van der Waals surface area contributed by atoms with Crippen molar-refractivity contribution in [3.05, 3.63) is 29.3 Å². The number of hydrogen-bond acceptors (Lipinski definition) is 4. The Morgan fingerprint density at radius 2 is 1.29 bits per heavy atom. The summed E-state index contributed by atoms with van der Waals surface area (Å²) in [4.78, 5) is 0. The SMILES string of the molecule is COCc1cc(COC)cc(B2OC(C)(C)C(C)(C)O2)c1. The topological polar surface area (TPSA) is 36.9 Å². The maximum absolute atomic E-state index is 6.11. The first-order valence-corrected chi connectivity index (χ1v) is 7.25. The van der Waals surface area contributed by atoms with Gasteiger partial charge in [0, 0.05) is 14.2 Å². The van der Waals surface area contributed by atoms with Gasteiger partial charge in [-0.2, -0.15) is 0 Å². The first-order valence-electron chi connectivity index (χ1n) is 7.25. The molecule has 1 aromatic carbocycles. The maximum Gasteiger partial charge on any atom is 0.494 e. The third kappa shape index (κ3) is 3.48. The summed E-state index contributed by atoms with van der Waals surface area (Å²) in [5.41, 5.74) is 2.52. The van der Waals surface area contributed by atoms with Crippen molar-refractivity contribution in [2.75, 3.05) is 14.2 Å². The van der Waals surface area contributed by atoms with Crippen LogP contribution in [0.3, 0.4) is 0 Å². The van der Waals surface area contributed by atoms with Crippen LogP contribution in [0, 0.1) is 0 Å². The van der Waals surface area contributed by atoms with Gasteiger partial charge in [0.15, 0.2) is 0 Å². The first-order chi connectivity index (χ1) is 9.79. The lowest BCUT2D eigenvalue weighted by Crippen LogP contribution is -2.41. The molecule has 0 aromatic heterocycles. The summed E-state index contributed by atoms with van der Waals surface area (Å²) in [5.74, 6) is 0. The Hall–Kier alpha value is -0.875. The average molecular weight is 292 g/mol. The molecule has 1 fully saturated rings. The van der Waals surface area contributed by atoms with Gasteiger partial charge in [0.05, 0.1) is 24.4 Å². The van der Waals surface area contributed by atoms with Crippen LogP contribution in [-0.2, 0) is 32.0 Å². The van der Waals surface area contributed by atoms with E-state index in [1.54, 1.807) is 14.2 Å². The highest BCUT2D eigenvalue weighted by Gasteiger charge is 2.51. The molecule has 21 heavy (non-hydrogen) atoms. The van der Waals surface area contributed by atoms with E-state index in [0.717, 1.165) is 16.6 Å². The maximum atomic E-state index is 6.11. The van der Waals surface area contributed by atoms with Gasteiger partial charge in [-0.05, 0) is 44.3 Å². The molecular formula is C16H25BO4. The molecule has 0 aliphatic carbocycles. The summed E-state index contributed by atoms with van der Waals surface area (Å²) in [6, 6.07) is 6.23. The van der Waals surface area contributed by atoms with Gasteiger partial charge >= 0.3 is 7.12 Å². The van der Waals surface area contributed by atoms with E-state index in [-0.39, 0.29) is 18.3 Å². The van der Waals surface area contributed by atoms with E-state index < -0.39 is 0 Å². The van der Waals surface area contributed by atoms with Crippen LogP contribution in [0.15, 0.2) is 18.2 Å². The normalized spacial score (nSPS) is 20.0. The average Bonchev–Trinajstić information content (AvgIpc) is 2.59. The second-order valence-corrected chi connectivity index (χ2v) is 6.54. The van der Waals surface area contributed by atoms with Gasteiger partial charge in [-0.3, -0.25) is 0 Å². The minimum absolute atomic E-state index is 0.337. The Balaban J connectivity index is 2.31. The largest absolute Gasteiger partial charge is 0.494 e. The van der Waals surface area contributed by atoms with Crippen molar-refractivity contribution in [3.63, 3.8) is 0 Å². The van der Waals surface area contributed by atoms with Gasteiger partial charge in [-0.15, -0.1) is 0 Å². The molecule has 1 saturated heterocycles. The van der Waals surface area contributed by atoms with Gasteiger partial charge in [0.1, 0.15) is 0 Å². The van der Waals surface area contributed by atoms with Gasteiger partial charge in [0.2, 0.25) is 0 Å². The van der Waals surface area contributed by atoms with Crippen molar-refractivity contribution < 1.29 is 18.8 Å². The van der Waals surface area contributed by atoms with E-state index in [0.29, 0.717) is 13.2 Å². The van der Waals surface area contributed by atoms with Crippen molar-refractivity contribution in [2.45, 2.75) is 52.1 Å². The Labute approximate surface area is 127 Å². The molecule has 0 bridgehead atoms. The zero-order valence-corrected chi connectivity index (χ0v) is 13.9. The van der Waals surface area contributed by atoms with Crippen molar-refractivity contribution >= 4 is 12.6 Å². The quantitative estimate of drug-likeness (QED) is 0.780. The van der Waals surface area contributed by atoms with E-state index in [1.165, 1.54) is 0 Å². The lowest BCUT2D eigenvalue weighted by molar-refractivity contribution is 0.00578. The van der Waals surface area contributed by atoms with E-state index in [1.807, 2.05) is 0 Å².